The number of aryl methyl sites for hydroxylation is 2. The van der Waals surface area contributed by atoms with Gasteiger partial charge in [0.1, 0.15) is 4.88 Å². The van der Waals surface area contributed by atoms with E-state index in [4.69, 9.17) is 9.47 Å². The third-order valence-corrected chi connectivity index (χ3v) is 6.23. The molecule has 1 fully saturated rings. The van der Waals surface area contributed by atoms with Crippen LogP contribution in [0, 0.1) is 0 Å². The van der Waals surface area contributed by atoms with Crippen LogP contribution in [0.4, 0.5) is 0 Å². The number of nitrogens with zero attached hydrogens (tertiary/aromatic N) is 1. The lowest BCUT2D eigenvalue weighted by Crippen LogP contribution is -2.49. The van der Waals surface area contributed by atoms with E-state index in [2.05, 4.69) is 12.1 Å². The second-order valence-corrected chi connectivity index (χ2v) is 8.31. The zero-order valence-corrected chi connectivity index (χ0v) is 16.4. The molecule has 2 heterocycles. The summed E-state index contributed by atoms with van der Waals surface area (Å²) in [5.41, 5.74) is 3.71. The van der Waals surface area contributed by atoms with Gasteiger partial charge in [0.15, 0.2) is 6.61 Å². The summed E-state index contributed by atoms with van der Waals surface area (Å²) in [5, 5.41) is 0. The molecule has 0 saturated carbocycles. The van der Waals surface area contributed by atoms with Crippen molar-refractivity contribution < 1.29 is 19.1 Å². The van der Waals surface area contributed by atoms with Gasteiger partial charge >= 0.3 is 5.97 Å². The van der Waals surface area contributed by atoms with E-state index in [9.17, 15) is 9.59 Å². The predicted octanol–water partition coefficient (Wildman–Crippen LogP) is 3.31. The molecule has 0 spiro atoms. The maximum Gasteiger partial charge on any atom is 0.348 e. The summed E-state index contributed by atoms with van der Waals surface area (Å²) in [4.78, 5) is 28.3. The van der Waals surface area contributed by atoms with Crippen molar-refractivity contribution in [2.45, 2.75) is 38.9 Å². The number of thiophene rings is 1. The quantitative estimate of drug-likeness (QED) is 0.761. The molecule has 0 unspecified atom stereocenters. The average molecular weight is 385 g/mol. The summed E-state index contributed by atoms with van der Waals surface area (Å²) in [6.07, 6.45) is 1.91. The minimum atomic E-state index is -0.422. The first kappa shape index (κ1) is 18.2. The number of ether oxygens (including phenoxy) is 2. The molecule has 4 rings (SSSR count). The fraction of sp³-hybridized carbons (Fsp3) is 0.429. The van der Waals surface area contributed by atoms with E-state index in [1.807, 2.05) is 32.0 Å². The highest BCUT2D eigenvalue weighted by molar-refractivity contribution is 7.17. The third kappa shape index (κ3) is 3.77. The molecule has 27 heavy (non-hydrogen) atoms. The molecule has 0 N–H and O–H groups in total. The monoisotopic (exact) mass is 385 g/mol. The van der Waals surface area contributed by atoms with Crippen molar-refractivity contribution in [3.05, 3.63) is 46.3 Å². The second-order valence-electron chi connectivity index (χ2n) is 7.25. The second kappa shape index (κ2) is 7.44. The van der Waals surface area contributed by atoms with Crippen LogP contribution in [0.5, 0.6) is 0 Å². The van der Waals surface area contributed by atoms with Crippen LogP contribution in [0.1, 0.15) is 34.6 Å². The van der Waals surface area contributed by atoms with E-state index in [0.717, 1.165) is 17.7 Å². The summed E-state index contributed by atoms with van der Waals surface area (Å²) in [6, 6.07) is 10.2. The van der Waals surface area contributed by atoms with Crippen molar-refractivity contribution in [1.29, 1.82) is 0 Å². The molecule has 2 aliphatic rings. The molecular weight excluding hydrogens is 362 g/mol. The lowest BCUT2D eigenvalue weighted by Gasteiger charge is -2.35. The van der Waals surface area contributed by atoms with E-state index in [-0.39, 0.29) is 24.7 Å². The largest absolute Gasteiger partial charge is 0.451 e. The molecule has 0 radical (unpaired) electrons. The Balaban J connectivity index is 1.41. The van der Waals surface area contributed by atoms with Gasteiger partial charge in [-0.25, -0.2) is 4.79 Å². The molecule has 1 saturated heterocycles. The molecular formula is C21H23NO4S. The molecule has 5 nitrogen and oxygen atoms in total. The van der Waals surface area contributed by atoms with Crippen molar-refractivity contribution in [1.82, 2.24) is 4.90 Å². The topological polar surface area (TPSA) is 55.8 Å². The molecule has 6 heteroatoms. The third-order valence-electron chi connectivity index (χ3n) is 5.03. The Morgan fingerprint density at radius 3 is 2.63 bits per heavy atom. The maximum atomic E-state index is 12.5. The number of benzene rings is 1. The average Bonchev–Trinajstić information content (AvgIpc) is 3.10. The van der Waals surface area contributed by atoms with Crippen LogP contribution in [-0.2, 0) is 27.1 Å². The Kier molecular flexibility index (Phi) is 5.02. The van der Waals surface area contributed by atoms with Gasteiger partial charge in [0.25, 0.3) is 5.91 Å². The molecule has 1 aromatic carbocycles. The smallest absolute Gasteiger partial charge is 0.348 e. The standard InChI is InChI=1S/C21H23NO4S/c1-13-10-22(11-14(2)26-13)19(23)12-25-21(24)18-9-16-8-7-15-5-3-4-6-17(15)20(16)27-18/h3-6,9,13-14H,7-8,10-12H2,1-2H3/t13-,14+. The summed E-state index contributed by atoms with van der Waals surface area (Å²) < 4.78 is 11.0. The number of carbonyl (C=O) groups excluding carboxylic acids is 2. The molecule has 2 aromatic rings. The fourth-order valence-corrected chi connectivity index (χ4v) is 5.01. The zero-order valence-electron chi connectivity index (χ0n) is 15.6. The van der Waals surface area contributed by atoms with E-state index < -0.39 is 5.97 Å². The summed E-state index contributed by atoms with van der Waals surface area (Å²) in [5.74, 6) is -0.591. The number of rotatable bonds is 3. The number of morpholine rings is 1. The Morgan fingerprint density at radius 1 is 1.15 bits per heavy atom. The lowest BCUT2D eigenvalue weighted by molar-refractivity contribution is -0.146. The first-order valence-corrected chi connectivity index (χ1v) is 10.1. The maximum absolute atomic E-state index is 12.5. The van der Waals surface area contributed by atoms with Gasteiger partial charge in [-0.1, -0.05) is 24.3 Å². The highest BCUT2D eigenvalue weighted by Crippen LogP contribution is 2.39. The van der Waals surface area contributed by atoms with Gasteiger partial charge in [-0.3, -0.25) is 4.79 Å². The number of hydrogen-bond donors (Lipinski definition) is 0. The Bertz CT molecular complexity index is 865. The zero-order chi connectivity index (χ0) is 19.0. The van der Waals surface area contributed by atoms with Crippen LogP contribution in [0.15, 0.2) is 30.3 Å². The molecule has 1 aliphatic heterocycles. The number of carbonyl (C=O) groups is 2. The minimum Gasteiger partial charge on any atom is -0.451 e. The Morgan fingerprint density at radius 2 is 1.85 bits per heavy atom. The molecule has 0 bridgehead atoms. The first-order valence-electron chi connectivity index (χ1n) is 9.32. The van der Waals surface area contributed by atoms with E-state index in [1.54, 1.807) is 4.90 Å². The normalized spacial score (nSPS) is 21.3. The Labute approximate surface area is 162 Å². The van der Waals surface area contributed by atoms with Crippen LogP contribution in [0.25, 0.3) is 10.4 Å². The molecule has 2 atom stereocenters. The van der Waals surface area contributed by atoms with E-state index in [1.165, 1.54) is 28.0 Å². The van der Waals surface area contributed by atoms with Crippen molar-refractivity contribution in [3.8, 4) is 10.4 Å². The van der Waals surface area contributed by atoms with Crippen LogP contribution in [0.3, 0.4) is 0 Å². The van der Waals surface area contributed by atoms with E-state index in [0.29, 0.717) is 18.0 Å². The van der Waals surface area contributed by atoms with Gasteiger partial charge in [0.2, 0.25) is 0 Å². The van der Waals surface area contributed by atoms with Gasteiger partial charge in [-0.15, -0.1) is 11.3 Å². The molecule has 1 aromatic heterocycles. The van der Waals surface area contributed by atoms with Crippen molar-refractivity contribution in [3.63, 3.8) is 0 Å². The highest BCUT2D eigenvalue weighted by atomic mass is 32.1. The highest BCUT2D eigenvalue weighted by Gasteiger charge is 2.27. The summed E-state index contributed by atoms with van der Waals surface area (Å²) in [6.45, 7) is 4.72. The van der Waals surface area contributed by atoms with Gasteiger partial charge in [0.05, 0.1) is 12.2 Å². The number of amides is 1. The number of esters is 1. The minimum absolute atomic E-state index is 0.00232. The van der Waals surface area contributed by atoms with Gasteiger partial charge in [-0.2, -0.15) is 0 Å². The molecule has 1 aliphatic carbocycles. The fourth-order valence-electron chi connectivity index (χ4n) is 3.84. The molecule has 1 amide bonds. The SMILES string of the molecule is C[C@@H]1CN(C(=O)COC(=O)c2cc3c(s2)-c2ccccc2CC3)C[C@H](C)O1. The van der Waals surface area contributed by atoms with Gasteiger partial charge in [0, 0.05) is 18.0 Å². The summed E-state index contributed by atoms with van der Waals surface area (Å²) >= 11 is 1.45. The Hall–Kier alpha value is -2.18. The van der Waals surface area contributed by atoms with Crippen molar-refractivity contribution >= 4 is 23.2 Å². The lowest BCUT2D eigenvalue weighted by atomic mass is 9.91. The van der Waals surface area contributed by atoms with Crippen LogP contribution in [0.2, 0.25) is 0 Å². The number of fused-ring (bicyclic) bond motifs is 3. The number of hydrogen-bond acceptors (Lipinski definition) is 5. The molecule has 142 valence electrons. The first-order chi connectivity index (χ1) is 13.0. The van der Waals surface area contributed by atoms with Crippen LogP contribution >= 0.6 is 11.3 Å². The van der Waals surface area contributed by atoms with E-state index >= 15 is 0 Å². The predicted molar refractivity (Wildman–Crippen MR) is 104 cm³/mol. The van der Waals surface area contributed by atoms with Gasteiger partial charge in [-0.05, 0) is 49.4 Å². The van der Waals surface area contributed by atoms with Crippen molar-refractivity contribution in [2.75, 3.05) is 19.7 Å². The van der Waals surface area contributed by atoms with Gasteiger partial charge < -0.3 is 14.4 Å². The van der Waals surface area contributed by atoms with Crippen LogP contribution < -0.4 is 0 Å². The summed E-state index contributed by atoms with van der Waals surface area (Å²) in [7, 11) is 0. The van der Waals surface area contributed by atoms with Crippen LogP contribution in [-0.4, -0.2) is 48.7 Å². The van der Waals surface area contributed by atoms with Crippen molar-refractivity contribution in [2.24, 2.45) is 0 Å².